The third kappa shape index (κ3) is 4.06. The molecule has 7 nitrogen and oxygen atoms in total. The summed E-state index contributed by atoms with van der Waals surface area (Å²) in [4.78, 5) is 40.8. The number of benzene rings is 1. The van der Waals surface area contributed by atoms with Crippen molar-refractivity contribution in [2.75, 3.05) is 39.3 Å². The smallest absolute Gasteiger partial charge is 0.262 e. The van der Waals surface area contributed by atoms with Crippen LogP contribution >= 0.6 is 12.4 Å². The summed E-state index contributed by atoms with van der Waals surface area (Å²) < 4.78 is 0. The summed E-state index contributed by atoms with van der Waals surface area (Å²) in [7, 11) is 0. The number of fused-ring (bicyclic) bond motifs is 1. The highest BCUT2D eigenvalue weighted by Gasteiger charge is 2.40. The van der Waals surface area contributed by atoms with Gasteiger partial charge in [-0.25, -0.2) is 0 Å². The van der Waals surface area contributed by atoms with Crippen LogP contribution in [0.2, 0.25) is 0 Å². The summed E-state index contributed by atoms with van der Waals surface area (Å²) in [5.74, 6) is -1.10. The maximum atomic E-state index is 12.5. The normalized spacial score (nSPS) is 18.3. The fourth-order valence-electron chi connectivity index (χ4n) is 3.26. The first-order valence-corrected chi connectivity index (χ1v) is 8.68. The average Bonchev–Trinajstić information content (AvgIpc) is 2.85. The molecule has 3 amide bonds. The number of aryl methyl sites for hydroxylation is 1. The first-order chi connectivity index (χ1) is 12.0. The Hall–Kier alpha value is -1.96. The number of nitrogens with one attached hydrogen (secondary N) is 2. The lowest BCUT2D eigenvalue weighted by Gasteiger charge is -2.27. The number of hydrogen-bond acceptors (Lipinski definition) is 5. The number of imide groups is 1. The molecule has 1 atom stereocenters. The van der Waals surface area contributed by atoms with Crippen molar-refractivity contribution in [1.29, 1.82) is 0 Å². The number of carbonyl (C=O) groups is 3. The zero-order valence-electron chi connectivity index (χ0n) is 15.1. The van der Waals surface area contributed by atoms with Gasteiger partial charge in [0.1, 0.15) is 6.04 Å². The van der Waals surface area contributed by atoms with Crippen molar-refractivity contribution in [3.05, 3.63) is 34.9 Å². The first-order valence-electron chi connectivity index (χ1n) is 8.68. The Morgan fingerprint density at radius 3 is 2.54 bits per heavy atom. The van der Waals surface area contributed by atoms with Gasteiger partial charge in [-0.1, -0.05) is 11.6 Å². The molecule has 26 heavy (non-hydrogen) atoms. The number of amides is 3. The van der Waals surface area contributed by atoms with E-state index < -0.39 is 17.9 Å². The standard InChI is InChI=1S/C18H24N4O3.ClH/c1-12-3-4-14-15(11-12)18(25)22(17(14)24)13(2)16(23)20-7-10-21-8-5-19-6-9-21;/h3-4,11,13,19H,5-10H2,1-2H3,(H,20,23);1H. The minimum atomic E-state index is -0.823. The van der Waals surface area contributed by atoms with E-state index in [0.29, 0.717) is 17.7 Å². The van der Waals surface area contributed by atoms with E-state index in [9.17, 15) is 14.4 Å². The molecule has 1 unspecified atom stereocenters. The largest absolute Gasteiger partial charge is 0.353 e. The molecule has 0 spiro atoms. The lowest BCUT2D eigenvalue weighted by molar-refractivity contribution is -0.124. The average molecular weight is 381 g/mol. The zero-order chi connectivity index (χ0) is 18.0. The van der Waals surface area contributed by atoms with Gasteiger partial charge >= 0.3 is 0 Å². The van der Waals surface area contributed by atoms with E-state index in [0.717, 1.165) is 43.2 Å². The van der Waals surface area contributed by atoms with Crippen molar-refractivity contribution >= 4 is 30.1 Å². The Bertz CT molecular complexity index is 704. The van der Waals surface area contributed by atoms with Crippen LogP contribution in [0.3, 0.4) is 0 Å². The third-order valence-corrected chi connectivity index (χ3v) is 4.78. The summed E-state index contributed by atoms with van der Waals surface area (Å²) >= 11 is 0. The van der Waals surface area contributed by atoms with Gasteiger partial charge < -0.3 is 10.6 Å². The van der Waals surface area contributed by atoms with Gasteiger partial charge in [0.05, 0.1) is 11.1 Å². The van der Waals surface area contributed by atoms with Crippen molar-refractivity contribution in [2.45, 2.75) is 19.9 Å². The van der Waals surface area contributed by atoms with Gasteiger partial charge in [-0.2, -0.15) is 0 Å². The molecule has 0 bridgehead atoms. The van der Waals surface area contributed by atoms with Crippen LogP contribution in [0.1, 0.15) is 33.2 Å². The molecular formula is C18H25ClN4O3. The van der Waals surface area contributed by atoms with Crippen LogP contribution in [0.15, 0.2) is 18.2 Å². The van der Waals surface area contributed by atoms with Crippen LogP contribution in [0, 0.1) is 6.92 Å². The van der Waals surface area contributed by atoms with E-state index in [-0.39, 0.29) is 18.3 Å². The van der Waals surface area contributed by atoms with Crippen LogP contribution in [-0.2, 0) is 4.79 Å². The molecule has 0 aliphatic carbocycles. The van der Waals surface area contributed by atoms with Crippen LogP contribution < -0.4 is 10.6 Å². The maximum absolute atomic E-state index is 12.5. The molecule has 2 N–H and O–H groups in total. The van der Waals surface area contributed by atoms with E-state index in [4.69, 9.17) is 0 Å². The summed E-state index contributed by atoms with van der Waals surface area (Å²) in [6.07, 6.45) is 0. The fourth-order valence-corrected chi connectivity index (χ4v) is 3.26. The van der Waals surface area contributed by atoms with Crippen molar-refractivity contribution in [1.82, 2.24) is 20.4 Å². The molecule has 2 aliphatic heterocycles. The Morgan fingerprint density at radius 1 is 1.19 bits per heavy atom. The van der Waals surface area contributed by atoms with Crippen LogP contribution in [-0.4, -0.2) is 72.8 Å². The zero-order valence-corrected chi connectivity index (χ0v) is 15.9. The number of halogens is 1. The molecule has 2 aliphatic rings. The van der Waals surface area contributed by atoms with E-state index in [1.807, 2.05) is 6.92 Å². The second kappa shape index (κ2) is 8.62. The molecule has 1 fully saturated rings. The summed E-state index contributed by atoms with van der Waals surface area (Å²) in [6, 6.07) is 4.33. The number of rotatable bonds is 5. The van der Waals surface area contributed by atoms with Crippen molar-refractivity contribution in [3.8, 4) is 0 Å². The molecule has 0 radical (unpaired) electrons. The van der Waals surface area contributed by atoms with Gasteiger partial charge in [0.2, 0.25) is 5.91 Å². The Balaban J connectivity index is 0.00000243. The van der Waals surface area contributed by atoms with E-state index in [2.05, 4.69) is 15.5 Å². The molecule has 8 heteroatoms. The lowest BCUT2D eigenvalue weighted by atomic mass is 10.1. The first kappa shape index (κ1) is 20.4. The predicted octanol–water partition coefficient (Wildman–Crippen LogP) is 0.423. The lowest BCUT2D eigenvalue weighted by Crippen LogP contribution is -2.50. The second-order valence-electron chi connectivity index (χ2n) is 6.59. The van der Waals surface area contributed by atoms with Gasteiger partial charge in [-0.3, -0.25) is 24.2 Å². The predicted molar refractivity (Wildman–Crippen MR) is 101 cm³/mol. The number of nitrogens with zero attached hydrogens (tertiary/aromatic N) is 2. The molecule has 1 aromatic carbocycles. The SMILES string of the molecule is Cc1ccc2c(c1)C(=O)N(C(C)C(=O)NCCN1CCNCC1)C2=O.Cl. The minimum absolute atomic E-state index is 0. The number of piperazine rings is 1. The van der Waals surface area contributed by atoms with E-state index >= 15 is 0 Å². The number of hydrogen-bond donors (Lipinski definition) is 2. The van der Waals surface area contributed by atoms with Gasteiger partial charge in [-0.15, -0.1) is 12.4 Å². The second-order valence-corrected chi connectivity index (χ2v) is 6.59. The highest BCUT2D eigenvalue weighted by molar-refractivity contribution is 6.22. The van der Waals surface area contributed by atoms with Gasteiger partial charge in [0.25, 0.3) is 11.8 Å². The quantitative estimate of drug-likeness (QED) is 0.724. The van der Waals surface area contributed by atoms with Crippen LogP contribution in [0.25, 0.3) is 0 Å². The van der Waals surface area contributed by atoms with Crippen molar-refractivity contribution in [2.24, 2.45) is 0 Å². The van der Waals surface area contributed by atoms with Gasteiger partial charge in [0.15, 0.2) is 0 Å². The Labute approximate surface area is 159 Å². The van der Waals surface area contributed by atoms with Crippen LogP contribution in [0.5, 0.6) is 0 Å². The van der Waals surface area contributed by atoms with E-state index in [1.165, 1.54) is 0 Å². The summed E-state index contributed by atoms with van der Waals surface area (Å²) in [5, 5.41) is 6.12. The molecule has 2 heterocycles. The number of carbonyl (C=O) groups excluding carboxylic acids is 3. The minimum Gasteiger partial charge on any atom is -0.353 e. The molecule has 3 rings (SSSR count). The van der Waals surface area contributed by atoms with E-state index in [1.54, 1.807) is 25.1 Å². The summed E-state index contributed by atoms with van der Waals surface area (Å²) in [6.45, 7) is 8.57. The third-order valence-electron chi connectivity index (χ3n) is 4.78. The molecule has 1 aromatic rings. The van der Waals surface area contributed by atoms with Crippen LogP contribution in [0.4, 0.5) is 0 Å². The fraction of sp³-hybridized carbons (Fsp3) is 0.500. The Morgan fingerprint density at radius 2 is 1.85 bits per heavy atom. The molecule has 142 valence electrons. The molecular weight excluding hydrogens is 356 g/mol. The van der Waals surface area contributed by atoms with Gasteiger partial charge in [0, 0.05) is 39.3 Å². The summed E-state index contributed by atoms with van der Waals surface area (Å²) in [5.41, 5.74) is 1.66. The topological polar surface area (TPSA) is 81.8 Å². The van der Waals surface area contributed by atoms with Gasteiger partial charge in [-0.05, 0) is 26.0 Å². The molecule has 1 saturated heterocycles. The molecule has 0 aromatic heterocycles. The highest BCUT2D eigenvalue weighted by atomic mass is 35.5. The Kier molecular flexibility index (Phi) is 6.75. The maximum Gasteiger partial charge on any atom is 0.262 e. The monoisotopic (exact) mass is 380 g/mol. The van der Waals surface area contributed by atoms with Crippen molar-refractivity contribution < 1.29 is 14.4 Å². The highest BCUT2D eigenvalue weighted by Crippen LogP contribution is 2.25. The van der Waals surface area contributed by atoms with Crippen molar-refractivity contribution in [3.63, 3.8) is 0 Å². The molecule has 0 saturated carbocycles.